The summed E-state index contributed by atoms with van der Waals surface area (Å²) in [4.78, 5) is 11.5. The van der Waals surface area contributed by atoms with E-state index in [0.29, 0.717) is 5.56 Å². The van der Waals surface area contributed by atoms with Crippen molar-refractivity contribution >= 4 is 16.0 Å². The van der Waals surface area contributed by atoms with Crippen LogP contribution in [0.4, 0.5) is 0 Å². The minimum absolute atomic E-state index is 0.0836. The van der Waals surface area contributed by atoms with E-state index in [1.165, 1.54) is 6.07 Å². The number of hydrogen-bond acceptors (Lipinski definition) is 3. The number of rotatable bonds is 6. The van der Waals surface area contributed by atoms with Gasteiger partial charge in [0.15, 0.2) is 0 Å². The minimum atomic E-state index is -3.90. The number of benzene rings is 2. The molecule has 0 spiro atoms. The van der Waals surface area contributed by atoms with E-state index in [9.17, 15) is 18.3 Å². The fourth-order valence-electron chi connectivity index (χ4n) is 2.38. The second-order valence-electron chi connectivity index (χ2n) is 5.47. The standard InChI is InChI=1S/C17H19NO4S/c1-12-8-9-16(13(2)10-12)23(21,22)18-15(17(19)20)11-14-6-4-3-5-7-14/h3-10,15,18H,11H2,1-2H3,(H,19,20). The fourth-order valence-corrected chi connectivity index (χ4v) is 3.80. The summed E-state index contributed by atoms with van der Waals surface area (Å²) in [5, 5.41) is 9.33. The molecule has 0 heterocycles. The van der Waals surface area contributed by atoms with Crippen LogP contribution in [0.2, 0.25) is 0 Å². The van der Waals surface area contributed by atoms with Gasteiger partial charge in [-0.25, -0.2) is 8.42 Å². The van der Waals surface area contributed by atoms with E-state index in [2.05, 4.69) is 4.72 Å². The van der Waals surface area contributed by atoms with Crippen LogP contribution in [0.25, 0.3) is 0 Å². The SMILES string of the molecule is Cc1ccc(S(=O)(=O)NC(Cc2ccccc2)C(=O)O)c(C)c1. The molecule has 0 aliphatic rings. The predicted octanol–water partition coefficient (Wildman–Crippen LogP) is 2.28. The summed E-state index contributed by atoms with van der Waals surface area (Å²) >= 11 is 0. The van der Waals surface area contributed by atoms with Crippen LogP contribution in [0.5, 0.6) is 0 Å². The number of aliphatic carboxylic acids is 1. The van der Waals surface area contributed by atoms with Gasteiger partial charge in [-0.3, -0.25) is 4.79 Å². The Hall–Kier alpha value is -2.18. The average Bonchev–Trinajstić information content (AvgIpc) is 2.46. The highest BCUT2D eigenvalue weighted by Crippen LogP contribution is 2.17. The van der Waals surface area contributed by atoms with E-state index >= 15 is 0 Å². The molecule has 23 heavy (non-hydrogen) atoms. The number of carboxylic acid groups (broad SMARTS) is 1. The highest BCUT2D eigenvalue weighted by Gasteiger charge is 2.26. The summed E-state index contributed by atoms with van der Waals surface area (Å²) in [6.45, 7) is 3.56. The normalized spacial score (nSPS) is 12.8. The molecule has 2 N–H and O–H groups in total. The van der Waals surface area contributed by atoms with Crippen LogP contribution in [0.3, 0.4) is 0 Å². The van der Waals surface area contributed by atoms with Gasteiger partial charge in [-0.2, -0.15) is 4.72 Å². The van der Waals surface area contributed by atoms with Crippen molar-refractivity contribution < 1.29 is 18.3 Å². The topological polar surface area (TPSA) is 83.5 Å². The number of sulfonamides is 1. The zero-order chi connectivity index (χ0) is 17.0. The van der Waals surface area contributed by atoms with Gasteiger partial charge >= 0.3 is 5.97 Å². The van der Waals surface area contributed by atoms with Gasteiger partial charge in [-0.1, -0.05) is 48.0 Å². The van der Waals surface area contributed by atoms with Crippen LogP contribution >= 0.6 is 0 Å². The van der Waals surface area contributed by atoms with E-state index in [1.54, 1.807) is 43.3 Å². The van der Waals surface area contributed by atoms with Crippen molar-refractivity contribution in [2.24, 2.45) is 0 Å². The molecule has 1 unspecified atom stereocenters. The van der Waals surface area contributed by atoms with Crippen molar-refractivity contribution in [2.45, 2.75) is 31.2 Å². The zero-order valence-electron chi connectivity index (χ0n) is 13.0. The van der Waals surface area contributed by atoms with Gasteiger partial charge in [-0.15, -0.1) is 0 Å². The molecular weight excluding hydrogens is 314 g/mol. The third kappa shape index (κ3) is 4.40. The van der Waals surface area contributed by atoms with E-state index in [0.717, 1.165) is 11.1 Å². The van der Waals surface area contributed by atoms with Gasteiger partial charge in [0, 0.05) is 0 Å². The van der Waals surface area contributed by atoms with Crippen molar-refractivity contribution in [1.29, 1.82) is 0 Å². The molecule has 0 radical (unpaired) electrons. The van der Waals surface area contributed by atoms with Crippen LogP contribution in [0.1, 0.15) is 16.7 Å². The zero-order valence-corrected chi connectivity index (χ0v) is 13.8. The third-order valence-corrected chi connectivity index (χ3v) is 5.13. The van der Waals surface area contributed by atoms with Crippen LogP contribution in [0.15, 0.2) is 53.4 Å². The first-order valence-electron chi connectivity index (χ1n) is 7.16. The van der Waals surface area contributed by atoms with Crippen molar-refractivity contribution in [3.63, 3.8) is 0 Å². The first-order chi connectivity index (χ1) is 10.8. The lowest BCUT2D eigenvalue weighted by Gasteiger charge is -2.16. The Labute approximate surface area is 136 Å². The summed E-state index contributed by atoms with van der Waals surface area (Å²) in [6, 6.07) is 12.6. The predicted molar refractivity (Wildman–Crippen MR) is 87.8 cm³/mol. The maximum atomic E-state index is 12.5. The first-order valence-corrected chi connectivity index (χ1v) is 8.64. The number of hydrogen-bond donors (Lipinski definition) is 2. The molecule has 0 bridgehead atoms. The lowest BCUT2D eigenvalue weighted by atomic mass is 10.1. The molecule has 0 saturated carbocycles. The highest BCUT2D eigenvalue weighted by molar-refractivity contribution is 7.89. The van der Waals surface area contributed by atoms with Crippen molar-refractivity contribution in [3.05, 3.63) is 65.2 Å². The van der Waals surface area contributed by atoms with Crippen LogP contribution in [0, 0.1) is 13.8 Å². The van der Waals surface area contributed by atoms with Crippen LogP contribution in [-0.4, -0.2) is 25.5 Å². The quantitative estimate of drug-likeness (QED) is 0.849. The molecule has 122 valence electrons. The Morgan fingerprint density at radius 1 is 1.13 bits per heavy atom. The molecule has 0 amide bonds. The Bertz CT molecular complexity index is 801. The lowest BCUT2D eigenvalue weighted by Crippen LogP contribution is -2.42. The Kier molecular flexibility index (Phi) is 5.18. The van der Waals surface area contributed by atoms with Crippen LogP contribution < -0.4 is 4.72 Å². The number of carbonyl (C=O) groups is 1. The van der Waals surface area contributed by atoms with E-state index < -0.39 is 22.0 Å². The maximum absolute atomic E-state index is 12.5. The van der Waals surface area contributed by atoms with Crippen molar-refractivity contribution in [2.75, 3.05) is 0 Å². The molecule has 5 nitrogen and oxygen atoms in total. The second-order valence-corrected chi connectivity index (χ2v) is 7.15. The smallest absolute Gasteiger partial charge is 0.322 e. The molecule has 2 rings (SSSR count). The number of aryl methyl sites for hydroxylation is 2. The van der Waals surface area contributed by atoms with E-state index in [-0.39, 0.29) is 11.3 Å². The fraction of sp³-hybridized carbons (Fsp3) is 0.235. The van der Waals surface area contributed by atoms with Gasteiger partial charge in [0.1, 0.15) is 6.04 Å². The van der Waals surface area contributed by atoms with Gasteiger partial charge in [0.25, 0.3) is 0 Å². The Morgan fingerprint density at radius 2 is 1.78 bits per heavy atom. The second kappa shape index (κ2) is 6.93. The van der Waals surface area contributed by atoms with Crippen molar-refractivity contribution in [1.82, 2.24) is 4.72 Å². The highest BCUT2D eigenvalue weighted by atomic mass is 32.2. The molecule has 0 aromatic heterocycles. The number of nitrogens with one attached hydrogen (secondary N) is 1. The minimum Gasteiger partial charge on any atom is -0.480 e. The van der Waals surface area contributed by atoms with E-state index in [1.807, 2.05) is 13.0 Å². The molecule has 2 aromatic carbocycles. The molecule has 2 aromatic rings. The largest absolute Gasteiger partial charge is 0.480 e. The van der Waals surface area contributed by atoms with Crippen molar-refractivity contribution in [3.8, 4) is 0 Å². The third-order valence-electron chi connectivity index (χ3n) is 3.50. The summed E-state index contributed by atoms with van der Waals surface area (Å²) in [7, 11) is -3.90. The molecular formula is C17H19NO4S. The Morgan fingerprint density at radius 3 is 2.35 bits per heavy atom. The molecule has 1 atom stereocenters. The lowest BCUT2D eigenvalue weighted by molar-refractivity contribution is -0.138. The Balaban J connectivity index is 2.26. The molecule has 0 fully saturated rings. The summed E-state index contributed by atoms with van der Waals surface area (Å²) in [6.07, 6.45) is 0.0836. The molecule has 0 aliphatic heterocycles. The summed E-state index contributed by atoms with van der Waals surface area (Å²) in [5.74, 6) is -1.21. The maximum Gasteiger partial charge on any atom is 0.322 e. The molecule has 6 heteroatoms. The van der Waals surface area contributed by atoms with E-state index in [4.69, 9.17) is 0 Å². The monoisotopic (exact) mass is 333 g/mol. The number of carboxylic acids is 1. The van der Waals surface area contributed by atoms with Gasteiger partial charge in [0.05, 0.1) is 4.90 Å². The van der Waals surface area contributed by atoms with Crippen LogP contribution in [-0.2, 0) is 21.2 Å². The first kappa shape index (κ1) is 17.2. The van der Waals surface area contributed by atoms with Gasteiger partial charge in [0.2, 0.25) is 10.0 Å². The van der Waals surface area contributed by atoms with Gasteiger partial charge in [-0.05, 0) is 37.5 Å². The summed E-state index contributed by atoms with van der Waals surface area (Å²) in [5.41, 5.74) is 2.28. The summed E-state index contributed by atoms with van der Waals surface area (Å²) < 4.78 is 27.3. The molecule has 0 aliphatic carbocycles. The average molecular weight is 333 g/mol. The molecule has 0 saturated heterocycles. The van der Waals surface area contributed by atoms with Gasteiger partial charge < -0.3 is 5.11 Å².